The lowest BCUT2D eigenvalue weighted by atomic mass is 9.84. The number of carbonyl (C=O) groups excluding carboxylic acids is 1. The number of aliphatic hydroxyl groups is 1. The van der Waals surface area contributed by atoms with Gasteiger partial charge in [0.2, 0.25) is 5.91 Å². The normalized spacial score (nSPS) is 16.9. The maximum Gasteiger partial charge on any atom is 0.223 e. The fraction of sp³-hybridized carbons (Fsp3) is 0.533. The summed E-state index contributed by atoms with van der Waals surface area (Å²) in [4.78, 5) is 11.8. The van der Waals surface area contributed by atoms with Crippen molar-refractivity contribution in [2.24, 2.45) is 5.92 Å². The van der Waals surface area contributed by atoms with Gasteiger partial charge in [-0.05, 0) is 24.8 Å². The number of hydrogen-bond donors (Lipinski definition) is 2. The molecule has 1 amide bonds. The third-order valence-corrected chi connectivity index (χ3v) is 3.75. The van der Waals surface area contributed by atoms with E-state index in [1.807, 2.05) is 18.2 Å². The van der Waals surface area contributed by atoms with Crippen LogP contribution in [0.15, 0.2) is 30.3 Å². The van der Waals surface area contributed by atoms with E-state index >= 15 is 0 Å². The van der Waals surface area contributed by atoms with Crippen LogP contribution < -0.4 is 5.32 Å². The second-order valence-electron chi connectivity index (χ2n) is 4.99. The molecule has 3 heteroatoms. The molecule has 1 aromatic rings. The largest absolute Gasteiger partial charge is 0.396 e. The van der Waals surface area contributed by atoms with Crippen LogP contribution >= 0.6 is 0 Å². The van der Waals surface area contributed by atoms with Crippen molar-refractivity contribution < 1.29 is 9.90 Å². The molecule has 1 unspecified atom stereocenters. The maximum atomic E-state index is 11.8. The molecular weight excluding hydrogens is 226 g/mol. The highest BCUT2D eigenvalue weighted by Crippen LogP contribution is 2.26. The standard InChI is InChI=1S/C15H21NO2/c17-10-9-14(12-5-2-1-3-6-12)11-16-15(18)13-7-4-8-13/h1-3,5-6,13-14,17H,4,7-11H2,(H,16,18). The van der Waals surface area contributed by atoms with E-state index in [2.05, 4.69) is 17.4 Å². The summed E-state index contributed by atoms with van der Waals surface area (Å²) in [6, 6.07) is 10.1. The van der Waals surface area contributed by atoms with Gasteiger partial charge in [0.15, 0.2) is 0 Å². The molecule has 0 spiro atoms. The van der Waals surface area contributed by atoms with Gasteiger partial charge >= 0.3 is 0 Å². The lowest BCUT2D eigenvalue weighted by Crippen LogP contribution is -2.36. The number of rotatable bonds is 6. The van der Waals surface area contributed by atoms with E-state index in [1.54, 1.807) is 0 Å². The van der Waals surface area contributed by atoms with Crippen LogP contribution in [0.5, 0.6) is 0 Å². The summed E-state index contributed by atoms with van der Waals surface area (Å²) >= 11 is 0. The monoisotopic (exact) mass is 247 g/mol. The second kappa shape index (κ2) is 6.55. The molecule has 1 aliphatic rings. The molecular formula is C15H21NO2. The van der Waals surface area contributed by atoms with E-state index in [0.717, 1.165) is 12.8 Å². The second-order valence-corrected chi connectivity index (χ2v) is 4.99. The van der Waals surface area contributed by atoms with E-state index in [0.29, 0.717) is 13.0 Å². The number of benzene rings is 1. The SMILES string of the molecule is O=C(NCC(CCO)c1ccccc1)C1CCC1. The molecule has 2 rings (SSSR count). The van der Waals surface area contributed by atoms with Crippen molar-refractivity contribution in [2.45, 2.75) is 31.6 Å². The summed E-state index contributed by atoms with van der Waals surface area (Å²) in [7, 11) is 0. The fourth-order valence-corrected chi connectivity index (χ4v) is 2.31. The van der Waals surface area contributed by atoms with Crippen molar-refractivity contribution >= 4 is 5.91 Å². The van der Waals surface area contributed by atoms with Crippen LogP contribution in [0.4, 0.5) is 0 Å². The van der Waals surface area contributed by atoms with Gasteiger partial charge < -0.3 is 10.4 Å². The average Bonchev–Trinajstić information content (AvgIpc) is 2.33. The van der Waals surface area contributed by atoms with Crippen LogP contribution in [0.25, 0.3) is 0 Å². The Hall–Kier alpha value is -1.35. The average molecular weight is 247 g/mol. The Morgan fingerprint density at radius 1 is 1.33 bits per heavy atom. The minimum atomic E-state index is 0.152. The zero-order valence-electron chi connectivity index (χ0n) is 10.6. The van der Waals surface area contributed by atoms with Crippen molar-refractivity contribution in [1.82, 2.24) is 5.32 Å². The molecule has 1 saturated carbocycles. The van der Waals surface area contributed by atoms with Crippen LogP contribution in [0.2, 0.25) is 0 Å². The van der Waals surface area contributed by atoms with Gasteiger partial charge in [-0.1, -0.05) is 36.8 Å². The number of nitrogens with one attached hydrogen (secondary N) is 1. The first kappa shape index (κ1) is 13.1. The molecule has 18 heavy (non-hydrogen) atoms. The summed E-state index contributed by atoms with van der Waals surface area (Å²) in [6.45, 7) is 0.777. The van der Waals surface area contributed by atoms with Crippen molar-refractivity contribution in [3.05, 3.63) is 35.9 Å². The van der Waals surface area contributed by atoms with Crippen molar-refractivity contribution in [2.75, 3.05) is 13.2 Å². The Labute approximate surface area is 108 Å². The molecule has 2 N–H and O–H groups in total. The highest BCUT2D eigenvalue weighted by molar-refractivity contribution is 5.79. The predicted octanol–water partition coefficient (Wildman–Crippen LogP) is 2.07. The van der Waals surface area contributed by atoms with Gasteiger partial charge in [0.25, 0.3) is 0 Å². The third kappa shape index (κ3) is 3.33. The van der Waals surface area contributed by atoms with Crippen LogP contribution in [0.3, 0.4) is 0 Å². The van der Waals surface area contributed by atoms with E-state index in [1.165, 1.54) is 12.0 Å². The molecule has 98 valence electrons. The van der Waals surface area contributed by atoms with E-state index in [-0.39, 0.29) is 24.3 Å². The lowest BCUT2D eigenvalue weighted by molar-refractivity contribution is -0.127. The van der Waals surface area contributed by atoms with Gasteiger partial charge in [0, 0.05) is 25.0 Å². The van der Waals surface area contributed by atoms with Crippen LogP contribution in [0, 0.1) is 5.92 Å². The predicted molar refractivity (Wildman–Crippen MR) is 71.2 cm³/mol. The molecule has 3 nitrogen and oxygen atoms in total. The smallest absolute Gasteiger partial charge is 0.223 e. The lowest BCUT2D eigenvalue weighted by Gasteiger charge is -2.25. The molecule has 1 aliphatic carbocycles. The quantitative estimate of drug-likeness (QED) is 0.808. The van der Waals surface area contributed by atoms with Gasteiger partial charge in [-0.3, -0.25) is 4.79 Å². The molecule has 0 heterocycles. The minimum Gasteiger partial charge on any atom is -0.396 e. The van der Waals surface area contributed by atoms with Gasteiger partial charge in [-0.25, -0.2) is 0 Å². The molecule has 0 bridgehead atoms. The molecule has 1 fully saturated rings. The Balaban J connectivity index is 1.88. The zero-order chi connectivity index (χ0) is 12.8. The van der Waals surface area contributed by atoms with Gasteiger partial charge in [-0.2, -0.15) is 0 Å². The van der Waals surface area contributed by atoms with Crippen LogP contribution in [0.1, 0.15) is 37.2 Å². The Morgan fingerprint density at radius 2 is 2.06 bits per heavy atom. The number of carbonyl (C=O) groups is 1. The Morgan fingerprint density at radius 3 is 2.61 bits per heavy atom. The summed E-state index contributed by atoms with van der Waals surface area (Å²) in [5.41, 5.74) is 1.18. The van der Waals surface area contributed by atoms with E-state index in [9.17, 15) is 4.79 Å². The van der Waals surface area contributed by atoms with Crippen LogP contribution in [-0.2, 0) is 4.79 Å². The van der Waals surface area contributed by atoms with Crippen molar-refractivity contribution in [1.29, 1.82) is 0 Å². The van der Waals surface area contributed by atoms with Gasteiger partial charge in [-0.15, -0.1) is 0 Å². The molecule has 1 aromatic carbocycles. The summed E-state index contributed by atoms with van der Waals surface area (Å²) in [5.74, 6) is 0.621. The van der Waals surface area contributed by atoms with Gasteiger partial charge in [0.05, 0.1) is 0 Å². The van der Waals surface area contributed by atoms with E-state index < -0.39 is 0 Å². The molecule has 1 atom stereocenters. The first-order valence-corrected chi connectivity index (χ1v) is 6.74. The van der Waals surface area contributed by atoms with Crippen molar-refractivity contribution in [3.8, 4) is 0 Å². The first-order valence-electron chi connectivity index (χ1n) is 6.74. The number of aliphatic hydroxyl groups excluding tert-OH is 1. The zero-order valence-corrected chi connectivity index (χ0v) is 10.6. The maximum absolute atomic E-state index is 11.8. The number of amides is 1. The third-order valence-electron chi connectivity index (χ3n) is 3.75. The Bertz CT molecular complexity index is 373. The Kier molecular flexibility index (Phi) is 4.76. The molecule has 0 saturated heterocycles. The highest BCUT2D eigenvalue weighted by Gasteiger charge is 2.25. The number of hydrogen-bond acceptors (Lipinski definition) is 2. The molecule has 0 aliphatic heterocycles. The minimum absolute atomic E-state index is 0.152. The summed E-state index contributed by atoms with van der Waals surface area (Å²) in [6.07, 6.45) is 3.93. The first-order chi connectivity index (χ1) is 8.81. The van der Waals surface area contributed by atoms with Gasteiger partial charge in [0.1, 0.15) is 0 Å². The van der Waals surface area contributed by atoms with Crippen LogP contribution in [-0.4, -0.2) is 24.2 Å². The summed E-state index contributed by atoms with van der Waals surface area (Å²) in [5, 5.41) is 12.1. The van der Waals surface area contributed by atoms with E-state index in [4.69, 9.17) is 5.11 Å². The van der Waals surface area contributed by atoms with Crippen molar-refractivity contribution in [3.63, 3.8) is 0 Å². The highest BCUT2D eigenvalue weighted by atomic mass is 16.3. The molecule has 0 aromatic heterocycles. The topological polar surface area (TPSA) is 49.3 Å². The summed E-state index contributed by atoms with van der Waals surface area (Å²) < 4.78 is 0. The fourth-order valence-electron chi connectivity index (χ4n) is 2.31. The molecule has 0 radical (unpaired) electrons.